The van der Waals surface area contributed by atoms with E-state index in [9.17, 15) is 0 Å². The number of benzene rings is 12. The van der Waals surface area contributed by atoms with Crippen LogP contribution in [0.4, 0.5) is 0 Å². The van der Waals surface area contributed by atoms with Crippen LogP contribution in [0, 0.1) is 0 Å². The molecule has 0 saturated carbocycles. The van der Waals surface area contributed by atoms with E-state index in [1.807, 2.05) is 30.3 Å². The van der Waals surface area contributed by atoms with Gasteiger partial charge in [0.15, 0.2) is 25.5 Å². The fourth-order valence-corrected chi connectivity index (χ4v) is 18.9. The Morgan fingerprint density at radius 1 is 0.268 bits per heavy atom. The molecule has 2 aromatic heterocycles. The lowest BCUT2D eigenvalue weighted by atomic mass is 9.60. The van der Waals surface area contributed by atoms with Crippen molar-refractivity contribution in [3.05, 3.63) is 331 Å². The van der Waals surface area contributed by atoms with E-state index in [1.165, 1.54) is 70.8 Å². The van der Waals surface area contributed by atoms with Crippen molar-refractivity contribution < 1.29 is 4.42 Å². The molecule has 0 radical (unpaired) electrons. The standard InChI is InChI=1S/C77H51N3OSi/c1-5-24-50(25-6-1)51-46-48-55(49-47-51)82(53-28-9-3-10-29-53,54-30-11-4-12-31-54)69-45-23-43-67-70-60-35-15-16-36-61(60)73(72(67)69)71-59(39-21-42-66(70)71)56-32-13-17-37-64(56)76-78-75(52-26-7-2-8-27-52)79-77(80-76)65-38-18-14-33-57(65)62-40-22-41-63-58-34-19-20-44-68(58)81-74(62)63/h1-49,70,73H. The van der Waals surface area contributed by atoms with Crippen LogP contribution in [0.1, 0.15) is 45.2 Å². The molecule has 0 N–H and O–H groups in total. The highest BCUT2D eigenvalue weighted by Gasteiger charge is 2.50. The minimum Gasteiger partial charge on any atom is -0.455 e. The summed E-state index contributed by atoms with van der Waals surface area (Å²) >= 11 is 0. The van der Waals surface area contributed by atoms with E-state index in [0.717, 1.165) is 55.3 Å². The van der Waals surface area contributed by atoms with Crippen LogP contribution in [0.15, 0.2) is 302 Å². The van der Waals surface area contributed by atoms with Gasteiger partial charge in [-0.25, -0.2) is 15.0 Å². The third-order valence-electron chi connectivity index (χ3n) is 17.3. The Balaban J connectivity index is 0.917. The molecule has 2 unspecified atom stereocenters. The second kappa shape index (κ2) is 19.5. The van der Waals surface area contributed by atoms with Gasteiger partial charge in [0.1, 0.15) is 11.2 Å². The van der Waals surface area contributed by atoms with Crippen LogP contribution in [0.2, 0.25) is 0 Å². The molecule has 0 fully saturated rings. The van der Waals surface area contributed by atoms with Gasteiger partial charge < -0.3 is 4.42 Å². The quantitative estimate of drug-likeness (QED) is 0.101. The summed E-state index contributed by atoms with van der Waals surface area (Å²) in [5, 5.41) is 7.63. The highest BCUT2D eigenvalue weighted by Crippen LogP contribution is 2.58. The second-order valence-corrected chi connectivity index (χ2v) is 25.4. The van der Waals surface area contributed by atoms with Gasteiger partial charge in [-0.05, 0) is 88.0 Å². The van der Waals surface area contributed by atoms with Crippen molar-refractivity contribution in [2.45, 2.75) is 11.8 Å². The Hall–Kier alpha value is -10.3. The van der Waals surface area contributed by atoms with Gasteiger partial charge in [0.2, 0.25) is 0 Å². The zero-order chi connectivity index (χ0) is 54.1. The maximum atomic E-state index is 6.65. The summed E-state index contributed by atoms with van der Waals surface area (Å²) in [5.41, 5.74) is 19.3. The molecule has 384 valence electrons. The summed E-state index contributed by atoms with van der Waals surface area (Å²) in [7, 11) is -3.11. The van der Waals surface area contributed by atoms with Crippen LogP contribution in [0.3, 0.4) is 0 Å². The Bertz CT molecular complexity index is 4710. The molecule has 5 heteroatoms. The van der Waals surface area contributed by atoms with Crippen molar-refractivity contribution >= 4 is 50.8 Å². The van der Waals surface area contributed by atoms with E-state index in [2.05, 4.69) is 267 Å². The third kappa shape index (κ3) is 7.47. The first-order valence-corrected chi connectivity index (χ1v) is 30.2. The number of rotatable bonds is 10. The third-order valence-corrected chi connectivity index (χ3v) is 22.2. The molecule has 0 aliphatic heterocycles. The lowest BCUT2D eigenvalue weighted by Crippen LogP contribution is -2.75. The van der Waals surface area contributed by atoms with E-state index in [-0.39, 0.29) is 11.8 Å². The number of furan rings is 1. The van der Waals surface area contributed by atoms with Crippen molar-refractivity contribution in [1.82, 2.24) is 15.0 Å². The molecule has 2 atom stereocenters. The zero-order valence-corrected chi connectivity index (χ0v) is 45.7. The SMILES string of the molecule is c1ccc(-c2ccc([Si](c3ccccc3)(c3ccccc3)c3cccc4c3C3c5ccccc5C4c4cccc(-c5ccccc5-c5nc(-c6ccccc6)nc(-c6ccccc6-c6cccc7c6oc6ccccc67)n5)c43)cc2)cc1. The molecule has 0 spiro atoms. The number of para-hydroxylation sites is 2. The van der Waals surface area contributed by atoms with Crippen molar-refractivity contribution in [1.29, 1.82) is 0 Å². The molecule has 0 amide bonds. The summed E-state index contributed by atoms with van der Waals surface area (Å²) in [6.45, 7) is 0. The molecular formula is C77H51N3OSi. The van der Waals surface area contributed by atoms with E-state index >= 15 is 0 Å². The van der Waals surface area contributed by atoms with Crippen LogP contribution >= 0.6 is 0 Å². The Morgan fingerprint density at radius 2 is 0.695 bits per heavy atom. The summed E-state index contributed by atoms with van der Waals surface area (Å²) < 4.78 is 6.65. The molecule has 4 nitrogen and oxygen atoms in total. The van der Waals surface area contributed by atoms with E-state index in [0.29, 0.717) is 17.5 Å². The van der Waals surface area contributed by atoms with Crippen molar-refractivity contribution in [3.63, 3.8) is 0 Å². The molecular weight excluding hydrogens is 1010 g/mol. The molecule has 2 bridgehead atoms. The molecule has 3 aliphatic rings. The zero-order valence-electron chi connectivity index (χ0n) is 44.7. The maximum Gasteiger partial charge on any atom is 0.179 e. The summed E-state index contributed by atoms with van der Waals surface area (Å²) in [5.74, 6) is 1.72. The van der Waals surface area contributed by atoms with Gasteiger partial charge in [-0.3, -0.25) is 0 Å². The average Bonchev–Trinajstić information content (AvgIpc) is 1.58. The van der Waals surface area contributed by atoms with Gasteiger partial charge in [0, 0.05) is 44.9 Å². The van der Waals surface area contributed by atoms with Crippen molar-refractivity contribution in [3.8, 4) is 67.5 Å². The van der Waals surface area contributed by atoms with Crippen molar-refractivity contribution in [2.24, 2.45) is 0 Å². The first-order chi connectivity index (χ1) is 40.7. The van der Waals surface area contributed by atoms with Crippen molar-refractivity contribution in [2.75, 3.05) is 0 Å². The number of nitrogens with zero attached hydrogens (tertiary/aromatic N) is 3. The molecule has 2 heterocycles. The van der Waals surface area contributed by atoms with E-state index in [4.69, 9.17) is 19.4 Å². The lowest BCUT2D eigenvalue weighted by Gasteiger charge is -2.47. The van der Waals surface area contributed by atoms with E-state index in [1.54, 1.807) is 0 Å². The molecule has 17 rings (SSSR count). The number of hydrogen-bond donors (Lipinski definition) is 0. The highest BCUT2D eigenvalue weighted by atomic mass is 28.3. The molecule has 12 aromatic carbocycles. The van der Waals surface area contributed by atoms with Gasteiger partial charge in [0.05, 0.1) is 0 Å². The van der Waals surface area contributed by atoms with Crippen LogP contribution in [0.25, 0.3) is 89.5 Å². The summed E-state index contributed by atoms with van der Waals surface area (Å²) in [6, 6.07) is 109. The Labute approximate surface area is 477 Å². The number of aromatic nitrogens is 3. The molecule has 82 heavy (non-hydrogen) atoms. The topological polar surface area (TPSA) is 51.8 Å². The van der Waals surface area contributed by atoms with Crippen LogP contribution in [0.5, 0.6) is 0 Å². The van der Waals surface area contributed by atoms with Gasteiger partial charge in [-0.15, -0.1) is 0 Å². The predicted octanol–water partition coefficient (Wildman–Crippen LogP) is 16.1. The Kier molecular flexibility index (Phi) is 11.3. The largest absolute Gasteiger partial charge is 0.455 e. The first-order valence-electron chi connectivity index (χ1n) is 28.2. The van der Waals surface area contributed by atoms with Gasteiger partial charge in [-0.2, -0.15) is 0 Å². The number of fused-ring (bicyclic) bond motifs is 3. The van der Waals surface area contributed by atoms with Crippen LogP contribution in [-0.4, -0.2) is 23.0 Å². The number of hydrogen-bond acceptors (Lipinski definition) is 4. The smallest absolute Gasteiger partial charge is 0.179 e. The highest BCUT2D eigenvalue weighted by molar-refractivity contribution is 7.20. The predicted molar refractivity (Wildman–Crippen MR) is 338 cm³/mol. The van der Waals surface area contributed by atoms with Gasteiger partial charge in [-0.1, -0.05) is 291 Å². The molecule has 14 aromatic rings. The first kappa shape index (κ1) is 47.6. The van der Waals surface area contributed by atoms with Gasteiger partial charge in [0.25, 0.3) is 0 Å². The minimum atomic E-state index is -3.11. The fourth-order valence-electron chi connectivity index (χ4n) is 13.9. The van der Waals surface area contributed by atoms with Crippen LogP contribution < -0.4 is 20.7 Å². The maximum absolute atomic E-state index is 6.65. The fraction of sp³-hybridized carbons (Fsp3) is 0.0260. The average molecular weight is 1060 g/mol. The lowest BCUT2D eigenvalue weighted by molar-refractivity contribution is 0.670. The Morgan fingerprint density at radius 3 is 1.35 bits per heavy atom. The van der Waals surface area contributed by atoms with Gasteiger partial charge >= 0.3 is 0 Å². The monoisotopic (exact) mass is 1060 g/mol. The van der Waals surface area contributed by atoms with E-state index < -0.39 is 8.07 Å². The molecule has 3 aliphatic carbocycles. The summed E-state index contributed by atoms with van der Waals surface area (Å²) in [4.78, 5) is 16.3. The minimum absolute atomic E-state index is 0.0122. The molecule has 0 saturated heterocycles. The van der Waals surface area contributed by atoms with Crippen LogP contribution in [-0.2, 0) is 0 Å². The second-order valence-electron chi connectivity index (χ2n) is 21.6. The normalized spacial score (nSPS) is 14.1. The summed E-state index contributed by atoms with van der Waals surface area (Å²) in [6.07, 6.45) is 0.